The summed E-state index contributed by atoms with van der Waals surface area (Å²) in [6, 6.07) is 11.9. The third-order valence-corrected chi connectivity index (χ3v) is 8.69. The number of aromatic nitrogens is 3. The van der Waals surface area contributed by atoms with E-state index in [2.05, 4.69) is 20.6 Å². The number of piperidine rings is 1. The first kappa shape index (κ1) is 30.2. The number of hydrogen-bond donors (Lipinski definition) is 3. The highest BCUT2D eigenvalue weighted by atomic mass is 19.1. The van der Waals surface area contributed by atoms with Crippen LogP contribution in [0.3, 0.4) is 0 Å². The zero-order valence-electron chi connectivity index (χ0n) is 25.3. The third-order valence-electron chi connectivity index (χ3n) is 8.69. The molecule has 6 rings (SSSR count). The molecule has 1 atom stereocenters. The minimum absolute atomic E-state index is 0.106. The summed E-state index contributed by atoms with van der Waals surface area (Å²) < 4.78 is 21.6. The lowest BCUT2D eigenvalue weighted by atomic mass is 9.87. The average Bonchev–Trinajstić information content (AvgIpc) is 3.04. The minimum atomic E-state index is -0.936. The molecule has 234 valence electrons. The number of hydrogen-bond acceptors (Lipinski definition) is 7. The molecular formula is C34H37FN6O4. The summed E-state index contributed by atoms with van der Waals surface area (Å²) in [5.74, 6) is 0.835. The Kier molecular flexibility index (Phi) is 9.04. The molecule has 1 saturated carbocycles. The summed E-state index contributed by atoms with van der Waals surface area (Å²) in [5, 5.41) is 16.7. The SMILES string of the molecule is Cc1ccc2c(NC(=O)CC3CCCCC3)c(F)ccc2c1Oc1ncccc1-c1ccnc(NC2CCCN(C(=O)O)C2)n1. The number of nitrogens with zero attached hydrogens (tertiary/aromatic N) is 4. The van der Waals surface area contributed by atoms with E-state index in [4.69, 9.17) is 9.72 Å². The lowest BCUT2D eigenvalue weighted by Gasteiger charge is -2.31. The maximum Gasteiger partial charge on any atom is 0.407 e. The fourth-order valence-corrected chi connectivity index (χ4v) is 6.36. The Balaban J connectivity index is 1.26. The number of amides is 2. The van der Waals surface area contributed by atoms with Crippen LogP contribution in [-0.4, -0.2) is 56.1 Å². The number of ether oxygens (including phenoxy) is 1. The molecule has 0 radical (unpaired) electrons. The molecule has 1 unspecified atom stereocenters. The molecule has 1 saturated heterocycles. The number of fused-ring (bicyclic) bond motifs is 1. The first-order chi connectivity index (χ1) is 21.9. The third kappa shape index (κ3) is 6.97. The van der Waals surface area contributed by atoms with E-state index in [9.17, 15) is 14.7 Å². The molecule has 0 bridgehead atoms. The van der Waals surface area contributed by atoms with Crippen LogP contribution in [0, 0.1) is 18.7 Å². The van der Waals surface area contributed by atoms with Crippen molar-refractivity contribution < 1.29 is 23.8 Å². The van der Waals surface area contributed by atoms with E-state index < -0.39 is 11.9 Å². The Morgan fingerprint density at radius 2 is 1.82 bits per heavy atom. The molecular weight excluding hydrogens is 575 g/mol. The maximum atomic E-state index is 15.2. The second-order valence-corrected chi connectivity index (χ2v) is 11.9. The van der Waals surface area contributed by atoms with Gasteiger partial charge in [-0.15, -0.1) is 0 Å². The number of nitrogens with one attached hydrogen (secondary N) is 2. The zero-order valence-corrected chi connectivity index (χ0v) is 25.3. The zero-order chi connectivity index (χ0) is 31.3. The minimum Gasteiger partial charge on any atom is -0.465 e. The number of benzene rings is 2. The Hall–Kier alpha value is -4.80. The van der Waals surface area contributed by atoms with Gasteiger partial charge in [0.2, 0.25) is 17.7 Å². The Bertz CT molecular complexity index is 1710. The predicted molar refractivity (Wildman–Crippen MR) is 170 cm³/mol. The summed E-state index contributed by atoms with van der Waals surface area (Å²) in [6.45, 7) is 2.77. The number of likely N-dealkylation sites (tertiary alicyclic amines) is 1. The van der Waals surface area contributed by atoms with E-state index >= 15 is 4.39 Å². The summed E-state index contributed by atoms with van der Waals surface area (Å²) in [5.41, 5.74) is 2.16. The molecule has 2 aliphatic rings. The summed E-state index contributed by atoms with van der Waals surface area (Å²) in [4.78, 5) is 39.4. The van der Waals surface area contributed by atoms with E-state index in [1.807, 2.05) is 19.1 Å². The Labute approximate surface area is 261 Å². The monoisotopic (exact) mass is 612 g/mol. The standard InChI is InChI=1S/C34H37FN6O4/c1-21-11-12-24-25(13-14-27(35)30(24)40-29(42)19-22-7-3-2-4-8-22)31(21)45-32-26(10-5-16-36-32)28-15-17-37-33(39-28)38-23-9-6-18-41(20-23)34(43)44/h5,10-17,22-23H,2-4,6-9,18-20H2,1H3,(H,40,42)(H,43,44)(H,37,38,39). The number of aryl methyl sites for hydroxylation is 1. The van der Waals surface area contributed by atoms with Crippen molar-refractivity contribution in [2.75, 3.05) is 23.7 Å². The first-order valence-corrected chi connectivity index (χ1v) is 15.6. The van der Waals surface area contributed by atoms with Crippen LogP contribution in [0.25, 0.3) is 22.0 Å². The van der Waals surface area contributed by atoms with Gasteiger partial charge in [-0.2, -0.15) is 0 Å². The van der Waals surface area contributed by atoms with E-state index in [1.54, 1.807) is 36.7 Å². The molecule has 1 aliphatic carbocycles. The van der Waals surface area contributed by atoms with Crippen molar-refractivity contribution >= 4 is 34.4 Å². The number of carboxylic acid groups (broad SMARTS) is 1. The van der Waals surface area contributed by atoms with Gasteiger partial charge in [0.1, 0.15) is 11.6 Å². The van der Waals surface area contributed by atoms with Crippen molar-refractivity contribution in [1.29, 1.82) is 0 Å². The van der Waals surface area contributed by atoms with Crippen molar-refractivity contribution in [1.82, 2.24) is 19.9 Å². The van der Waals surface area contributed by atoms with Gasteiger partial charge in [0.25, 0.3) is 0 Å². The number of carbonyl (C=O) groups excluding carboxylic acids is 1. The van der Waals surface area contributed by atoms with Gasteiger partial charge in [-0.25, -0.2) is 24.1 Å². The molecule has 2 amide bonds. The van der Waals surface area contributed by atoms with Gasteiger partial charge in [-0.05, 0) is 74.4 Å². The van der Waals surface area contributed by atoms with Crippen LogP contribution in [-0.2, 0) is 4.79 Å². The molecule has 11 heteroatoms. The van der Waals surface area contributed by atoms with Crippen LogP contribution in [0.4, 0.5) is 20.8 Å². The lowest BCUT2D eigenvalue weighted by Crippen LogP contribution is -2.44. The van der Waals surface area contributed by atoms with Crippen LogP contribution in [0.15, 0.2) is 54.9 Å². The van der Waals surface area contributed by atoms with E-state index in [0.29, 0.717) is 65.0 Å². The molecule has 3 heterocycles. The lowest BCUT2D eigenvalue weighted by molar-refractivity contribution is -0.117. The fraction of sp³-hybridized carbons (Fsp3) is 0.382. The van der Waals surface area contributed by atoms with Crippen molar-refractivity contribution in [2.24, 2.45) is 5.92 Å². The first-order valence-electron chi connectivity index (χ1n) is 15.6. The van der Waals surface area contributed by atoms with Gasteiger partial charge in [-0.1, -0.05) is 31.4 Å². The summed E-state index contributed by atoms with van der Waals surface area (Å²) >= 11 is 0. The molecule has 2 fully saturated rings. The number of rotatable bonds is 8. The van der Waals surface area contributed by atoms with Crippen LogP contribution >= 0.6 is 0 Å². The highest BCUT2D eigenvalue weighted by Gasteiger charge is 2.24. The second-order valence-electron chi connectivity index (χ2n) is 11.9. The van der Waals surface area contributed by atoms with Gasteiger partial charge in [0, 0.05) is 48.7 Å². The Morgan fingerprint density at radius 1 is 1.00 bits per heavy atom. The largest absolute Gasteiger partial charge is 0.465 e. The number of pyridine rings is 1. The predicted octanol–water partition coefficient (Wildman–Crippen LogP) is 7.39. The Morgan fingerprint density at radius 3 is 2.64 bits per heavy atom. The molecule has 2 aromatic carbocycles. The van der Waals surface area contributed by atoms with E-state index in [-0.39, 0.29) is 17.6 Å². The quantitative estimate of drug-likeness (QED) is 0.188. The summed E-state index contributed by atoms with van der Waals surface area (Å²) in [7, 11) is 0. The van der Waals surface area contributed by atoms with Crippen molar-refractivity contribution in [2.45, 2.75) is 64.3 Å². The summed E-state index contributed by atoms with van der Waals surface area (Å²) in [6.07, 6.45) is 9.80. The number of halogens is 1. The average molecular weight is 613 g/mol. The smallest absolute Gasteiger partial charge is 0.407 e. The van der Waals surface area contributed by atoms with E-state index in [0.717, 1.165) is 44.1 Å². The van der Waals surface area contributed by atoms with Crippen LogP contribution < -0.4 is 15.4 Å². The van der Waals surface area contributed by atoms with Crippen molar-refractivity contribution in [3.05, 3.63) is 66.2 Å². The fourth-order valence-electron chi connectivity index (χ4n) is 6.36. The van der Waals surface area contributed by atoms with Crippen LogP contribution in [0.5, 0.6) is 11.6 Å². The van der Waals surface area contributed by atoms with Gasteiger partial charge >= 0.3 is 6.09 Å². The molecule has 1 aliphatic heterocycles. The van der Waals surface area contributed by atoms with Gasteiger partial charge in [0.05, 0.1) is 16.9 Å². The van der Waals surface area contributed by atoms with Crippen LogP contribution in [0.1, 0.15) is 56.9 Å². The topological polar surface area (TPSA) is 130 Å². The molecule has 45 heavy (non-hydrogen) atoms. The van der Waals surface area contributed by atoms with Gasteiger partial charge in [0.15, 0.2) is 0 Å². The highest BCUT2D eigenvalue weighted by Crippen LogP contribution is 2.40. The van der Waals surface area contributed by atoms with Crippen molar-refractivity contribution in [3.63, 3.8) is 0 Å². The molecule has 3 N–H and O–H groups in total. The highest BCUT2D eigenvalue weighted by molar-refractivity contribution is 6.04. The van der Waals surface area contributed by atoms with Gasteiger partial charge < -0.3 is 25.4 Å². The van der Waals surface area contributed by atoms with Crippen LogP contribution in [0.2, 0.25) is 0 Å². The maximum absolute atomic E-state index is 15.2. The number of carbonyl (C=O) groups is 2. The molecule has 4 aromatic rings. The van der Waals surface area contributed by atoms with Crippen molar-refractivity contribution in [3.8, 4) is 22.9 Å². The molecule has 10 nitrogen and oxygen atoms in total. The molecule has 2 aromatic heterocycles. The second kappa shape index (κ2) is 13.5. The number of anilines is 2. The molecule has 0 spiro atoms. The normalized spacial score (nSPS) is 17.2. The van der Waals surface area contributed by atoms with E-state index in [1.165, 1.54) is 17.4 Å². The van der Waals surface area contributed by atoms with Gasteiger partial charge in [-0.3, -0.25) is 4.79 Å².